The Morgan fingerprint density at radius 1 is 1.27 bits per heavy atom. The molecule has 0 aliphatic heterocycles. The first-order valence-electron chi connectivity index (χ1n) is 7.49. The third-order valence-electron chi connectivity index (χ3n) is 4.03. The molecule has 3 rings (SSSR count). The zero-order valence-electron chi connectivity index (χ0n) is 12.2. The number of aromatic nitrogens is 2. The molecule has 2 N–H and O–H groups in total. The van der Waals surface area contributed by atoms with Gasteiger partial charge in [-0.05, 0) is 42.5 Å². The maximum atomic E-state index is 12.3. The van der Waals surface area contributed by atoms with Crippen molar-refractivity contribution in [2.24, 2.45) is 5.92 Å². The van der Waals surface area contributed by atoms with Gasteiger partial charge in [-0.25, -0.2) is 0 Å². The molecule has 2 heterocycles. The molecular weight excluding hydrogens is 278 g/mol. The minimum Gasteiger partial charge on any atom is -0.393 e. The molecule has 0 aromatic carbocycles. The van der Waals surface area contributed by atoms with Gasteiger partial charge in [0.2, 0.25) is 5.91 Å². The largest absolute Gasteiger partial charge is 0.393 e. The van der Waals surface area contributed by atoms with Gasteiger partial charge >= 0.3 is 0 Å². The van der Waals surface area contributed by atoms with Crippen molar-refractivity contribution in [2.45, 2.75) is 31.4 Å². The van der Waals surface area contributed by atoms with Crippen LogP contribution in [0.5, 0.6) is 0 Å². The van der Waals surface area contributed by atoms with Gasteiger partial charge in [0.15, 0.2) is 0 Å². The van der Waals surface area contributed by atoms with Crippen LogP contribution >= 0.6 is 0 Å². The smallest absolute Gasteiger partial charge is 0.225 e. The summed E-state index contributed by atoms with van der Waals surface area (Å²) in [6, 6.07) is 9.25. The highest BCUT2D eigenvalue weighted by Gasteiger charge is 2.36. The molecule has 1 amide bonds. The Balaban J connectivity index is 1.69. The topological polar surface area (TPSA) is 75.1 Å². The highest BCUT2D eigenvalue weighted by Crippen LogP contribution is 2.37. The fraction of sp³-hybridized carbons (Fsp3) is 0.353. The van der Waals surface area contributed by atoms with Gasteiger partial charge in [0, 0.05) is 18.6 Å². The second-order valence-corrected chi connectivity index (χ2v) is 5.72. The van der Waals surface area contributed by atoms with E-state index in [0.717, 1.165) is 11.3 Å². The predicted molar refractivity (Wildman–Crippen MR) is 81.8 cm³/mol. The summed E-state index contributed by atoms with van der Waals surface area (Å²) < 4.78 is 0. The maximum Gasteiger partial charge on any atom is 0.225 e. The number of nitrogens with zero attached hydrogens (tertiary/aromatic N) is 2. The number of amides is 1. The van der Waals surface area contributed by atoms with E-state index < -0.39 is 0 Å². The van der Waals surface area contributed by atoms with Crippen molar-refractivity contribution in [3.05, 3.63) is 60.2 Å². The predicted octanol–water partition coefficient (Wildman–Crippen LogP) is 1.65. The van der Waals surface area contributed by atoms with Gasteiger partial charge in [0.25, 0.3) is 0 Å². The number of carbonyl (C=O) groups is 1. The SMILES string of the molecule is O=C(Cc1cccnc1)N[C@H](c1ccccn1)C1CC(O)C1. The van der Waals surface area contributed by atoms with Crippen LogP contribution in [0.15, 0.2) is 48.9 Å². The summed E-state index contributed by atoms with van der Waals surface area (Å²) in [6.07, 6.45) is 6.56. The summed E-state index contributed by atoms with van der Waals surface area (Å²) in [6.45, 7) is 0. The summed E-state index contributed by atoms with van der Waals surface area (Å²) >= 11 is 0. The molecule has 0 radical (unpaired) electrons. The Bertz CT molecular complexity index is 612. The van der Waals surface area contributed by atoms with Crippen molar-refractivity contribution < 1.29 is 9.90 Å². The van der Waals surface area contributed by atoms with Crippen LogP contribution < -0.4 is 5.32 Å². The fourth-order valence-corrected chi connectivity index (χ4v) is 2.81. The van der Waals surface area contributed by atoms with E-state index in [0.29, 0.717) is 19.3 Å². The van der Waals surface area contributed by atoms with E-state index in [1.807, 2.05) is 30.3 Å². The first kappa shape index (κ1) is 14.7. The molecule has 1 aliphatic carbocycles. The van der Waals surface area contributed by atoms with Gasteiger partial charge in [-0.15, -0.1) is 0 Å². The Kier molecular flexibility index (Phi) is 4.44. The number of carbonyl (C=O) groups excluding carboxylic acids is 1. The van der Waals surface area contributed by atoms with Crippen molar-refractivity contribution in [3.8, 4) is 0 Å². The van der Waals surface area contributed by atoms with Gasteiger partial charge in [-0.3, -0.25) is 14.8 Å². The first-order chi connectivity index (χ1) is 10.7. The van der Waals surface area contributed by atoms with Crippen molar-refractivity contribution in [2.75, 3.05) is 0 Å². The van der Waals surface area contributed by atoms with E-state index in [9.17, 15) is 9.90 Å². The summed E-state index contributed by atoms with van der Waals surface area (Å²) in [4.78, 5) is 20.7. The highest BCUT2D eigenvalue weighted by atomic mass is 16.3. The monoisotopic (exact) mass is 297 g/mol. The van der Waals surface area contributed by atoms with Crippen LogP contribution in [0.25, 0.3) is 0 Å². The lowest BCUT2D eigenvalue weighted by atomic mass is 9.76. The molecule has 114 valence electrons. The molecule has 0 spiro atoms. The fourth-order valence-electron chi connectivity index (χ4n) is 2.81. The van der Waals surface area contributed by atoms with E-state index in [2.05, 4.69) is 15.3 Å². The lowest BCUT2D eigenvalue weighted by Crippen LogP contribution is -2.42. The van der Waals surface area contributed by atoms with Gasteiger partial charge in [-0.2, -0.15) is 0 Å². The molecule has 0 unspecified atom stereocenters. The molecule has 2 aromatic rings. The minimum atomic E-state index is -0.258. The van der Waals surface area contributed by atoms with Crippen molar-refractivity contribution in [1.29, 1.82) is 0 Å². The molecule has 5 heteroatoms. The summed E-state index contributed by atoms with van der Waals surface area (Å²) in [7, 11) is 0. The van der Waals surface area contributed by atoms with E-state index in [1.165, 1.54) is 0 Å². The molecule has 2 aromatic heterocycles. The van der Waals surface area contributed by atoms with Crippen LogP contribution in [-0.4, -0.2) is 27.1 Å². The Hall–Kier alpha value is -2.27. The van der Waals surface area contributed by atoms with Crippen molar-refractivity contribution >= 4 is 5.91 Å². The average Bonchev–Trinajstić information content (AvgIpc) is 2.52. The van der Waals surface area contributed by atoms with Gasteiger partial charge in [0.05, 0.1) is 24.3 Å². The van der Waals surface area contributed by atoms with Crippen LogP contribution in [0.2, 0.25) is 0 Å². The van der Waals surface area contributed by atoms with Crippen molar-refractivity contribution in [3.63, 3.8) is 0 Å². The third kappa shape index (κ3) is 3.49. The number of aliphatic hydroxyl groups excluding tert-OH is 1. The summed E-state index contributed by atoms with van der Waals surface area (Å²) in [5.41, 5.74) is 1.73. The Morgan fingerprint density at radius 3 is 2.77 bits per heavy atom. The molecule has 1 aliphatic rings. The van der Waals surface area contributed by atoms with E-state index in [4.69, 9.17) is 0 Å². The van der Waals surface area contributed by atoms with Crippen LogP contribution in [-0.2, 0) is 11.2 Å². The number of hydrogen-bond donors (Lipinski definition) is 2. The number of pyridine rings is 2. The second-order valence-electron chi connectivity index (χ2n) is 5.72. The normalized spacial score (nSPS) is 21.7. The lowest BCUT2D eigenvalue weighted by Gasteiger charge is -2.37. The number of hydrogen-bond acceptors (Lipinski definition) is 4. The van der Waals surface area contributed by atoms with Crippen LogP contribution in [0.3, 0.4) is 0 Å². The van der Waals surface area contributed by atoms with Gasteiger partial charge in [0.1, 0.15) is 0 Å². The number of rotatable bonds is 5. The van der Waals surface area contributed by atoms with Gasteiger partial charge < -0.3 is 10.4 Å². The highest BCUT2D eigenvalue weighted by molar-refractivity contribution is 5.78. The second kappa shape index (κ2) is 6.66. The van der Waals surface area contributed by atoms with E-state index in [-0.39, 0.29) is 24.0 Å². The van der Waals surface area contributed by atoms with E-state index >= 15 is 0 Å². The Labute approximate surface area is 129 Å². The molecule has 5 nitrogen and oxygen atoms in total. The average molecular weight is 297 g/mol. The van der Waals surface area contributed by atoms with Crippen LogP contribution in [0, 0.1) is 5.92 Å². The molecule has 1 fully saturated rings. The zero-order chi connectivity index (χ0) is 15.4. The lowest BCUT2D eigenvalue weighted by molar-refractivity contribution is -0.122. The number of nitrogens with one attached hydrogen (secondary N) is 1. The Morgan fingerprint density at radius 2 is 2.14 bits per heavy atom. The molecule has 1 atom stereocenters. The summed E-state index contributed by atoms with van der Waals surface area (Å²) in [5.74, 6) is 0.188. The van der Waals surface area contributed by atoms with Gasteiger partial charge in [-0.1, -0.05) is 12.1 Å². The van der Waals surface area contributed by atoms with Crippen molar-refractivity contribution in [1.82, 2.24) is 15.3 Å². The molecule has 1 saturated carbocycles. The van der Waals surface area contributed by atoms with E-state index in [1.54, 1.807) is 18.6 Å². The minimum absolute atomic E-state index is 0.0509. The standard InChI is InChI=1S/C17H19N3O2/c21-14-9-13(10-14)17(15-5-1-2-7-19-15)20-16(22)8-12-4-3-6-18-11-12/h1-7,11,13-14,17,21H,8-10H2,(H,20,22)/t13?,14?,17-/m0/s1. The molecule has 0 bridgehead atoms. The summed E-state index contributed by atoms with van der Waals surface area (Å²) in [5, 5.41) is 12.6. The third-order valence-corrected chi connectivity index (χ3v) is 4.03. The maximum absolute atomic E-state index is 12.3. The first-order valence-corrected chi connectivity index (χ1v) is 7.49. The quantitative estimate of drug-likeness (QED) is 0.880. The zero-order valence-corrected chi connectivity index (χ0v) is 12.2. The molecule has 0 saturated heterocycles. The molecule has 22 heavy (non-hydrogen) atoms. The van der Waals surface area contributed by atoms with Crippen LogP contribution in [0.1, 0.15) is 30.1 Å². The van der Waals surface area contributed by atoms with Crippen LogP contribution in [0.4, 0.5) is 0 Å². The molecular formula is C17H19N3O2. The number of aliphatic hydroxyl groups is 1.